The molecule has 1 fully saturated rings. The van der Waals surface area contributed by atoms with Gasteiger partial charge in [-0.25, -0.2) is 4.98 Å². The predicted molar refractivity (Wildman–Crippen MR) is 56.9 cm³/mol. The summed E-state index contributed by atoms with van der Waals surface area (Å²) in [7, 11) is 0. The molecule has 15 heavy (non-hydrogen) atoms. The van der Waals surface area contributed by atoms with Crippen LogP contribution in [0.3, 0.4) is 0 Å². The van der Waals surface area contributed by atoms with Gasteiger partial charge >= 0.3 is 0 Å². The summed E-state index contributed by atoms with van der Waals surface area (Å²) in [6, 6.07) is -0.401. The molecule has 0 aliphatic carbocycles. The maximum atomic E-state index is 11.6. The van der Waals surface area contributed by atoms with Crippen LogP contribution in [0.4, 0.5) is 5.13 Å². The van der Waals surface area contributed by atoms with Crippen LogP contribution in [0.2, 0.25) is 0 Å². The molecule has 2 heterocycles. The van der Waals surface area contributed by atoms with E-state index >= 15 is 0 Å². The van der Waals surface area contributed by atoms with E-state index in [9.17, 15) is 9.59 Å². The summed E-state index contributed by atoms with van der Waals surface area (Å²) < 4.78 is 0. The summed E-state index contributed by atoms with van der Waals surface area (Å²) in [5.74, 6) is 0.0936. The minimum Gasteiger partial charge on any atom is -0.314 e. The van der Waals surface area contributed by atoms with Gasteiger partial charge in [0.2, 0.25) is 6.41 Å². The summed E-state index contributed by atoms with van der Waals surface area (Å²) in [6.45, 7) is 1.21. The molecule has 1 N–H and O–H groups in total. The first-order valence-corrected chi connectivity index (χ1v) is 5.57. The molecule has 0 radical (unpaired) electrons. The highest BCUT2D eigenvalue weighted by atomic mass is 32.1. The Morgan fingerprint density at radius 1 is 1.67 bits per heavy atom. The fourth-order valence-corrected chi connectivity index (χ4v) is 2.24. The Bertz CT molecular complexity index is 352. The number of hydrogen-bond acceptors (Lipinski definition) is 5. The largest absolute Gasteiger partial charge is 0.314 e. The van der Waals surface area contributed by atoms with Crippen LogP contribution in [0.15, 0.2) is 11.6 Å². The Kier molecular flexibility index (Phi) is 3.08. The number of aromatic nitrogens is 1. The van der Waals surface area contributed by atoms with Crippen molar-refractivity contribution in [2.75, 3.05) is 18.0 Å². The van der Waals surface area contributed by atoms with Gasteiger partial charge in [-0.2, -0.15) is 0 Å². The van der Waals surface area contributed by atoms with Crippen LogP contribution >= 0.6 is 11.3 Å². The highest BCUT2D eigenvalue weighted by Crippen LogP contribution is 2.19. The molecule has 1 aromatic rings. The van der Waals surface area contributed by atoms with Gasteiger partial charge in [0.25, 0.3) is 0 Å². The van der Waals surface area contributed by atoms with Gasteiger partial charge in [-0.1, -0.05) is 0 Å². The number of nitrogens with zero attached hydrogens (tertiary/aromatic N) is 2. The van der Waals surface area contributed by atoms with E-state index in [1.165, 1.54) is 16.2 Å². The predicted octanol–water partition coefficient (Wildman–Crippen LogP) is 0.0369. The van der Waals surface area contributed by atoms with Crippen LogP contribution in [0, 0.1) is 0 Å². The van der Waals surface area contributed by atoms with Crippen molar-refractivity contribution in [1.82, 2.24) is 10.3 Å². The van der Waals surface area contributed by atoms with Crippen LogP contribution in [-0.2, 0) is 9.59 Å². The standard InChI is InChI=1S/C9H11N3O2S/c13-6-12(9-11-3-4-15-9)7-5-10-2-1-8(7)14/h3-4,6-7,10H,1-2,5H2. The van der Waals surface area contributed by atoms with Crippen molar-refractivity contribution in [3.8, 4) is 0 Å². The smallest absolute Gasteiger partial charge is 0.216 e. The van der Waals surface area contributed by atoms with E-state index in [4.69, 9.17) is 0 Å². The number of Topliss-reactive ketones (excluding diaryl/α,β-unsaturated/α-hetero) is 1. The fourth-order valence-electron chi connectivity index (χ4n) is 1.58. The van der Waals surface area contributed by atoms with Gasteiger partial charge in [0.1, 0.15) is 6.04 Å². The molecule has 0 bridgehead atoms. The summed E-state index contributed by atoms with van der Waals surface area (Å²) in [4.78, 5) is 28.0. The van der Waals surface area contributed by atoms with Crippen molar-refractivity contribution in [2.45, 2.75) is 12.5 Å². The number of hydrogen-bond donors (Lipinski definition) is 1. The number of carbonyl (C=O) groups excluding carboxylic acids is 2. The zero-order chi connectivity index (χ0) is 10.7. The zero-order valence-electron chi connectivity index (χ0n) is 8.05. The monoisotopic (exact) mass is 225 g/mol. The first-order chi connectivity index (χ1) is 7.33. The van der Waals surface area contributed by atoms with E-state index in [0.29, 0.717) is 31.1 Å². The summed E-state index contributed by atoms with van der Waals surface area (Å²) in [6.07, 6.45) is 2.77. The number of anilines is 1. The minimum absolute atomic E-state index is 0.0936. The maximum absolute atomic E-state index is 11.6. The Morgan fingerprint density at radius 2 is 2.53 bits per heavy atom. The lowest BCUT2D eigenvalue weighted by Gasteiger charge is -2.28. The number of thiazole rings is 1. The van der Waals surface area contributed by atoms with Crippen molar-refractivity contribution in [3.05, 3.63) is 11.6 Å². The molecule has 6 heteroatoms. The fraction of sp³-hybridized carbons (Fsp3) is 0.444. The zero-order valence-corrected chi connectivity index (χ0v) is 8.87. The molecule has 1 amide bonds. The van der Waals surface area contributed by atoms with E-state index in [0.717, 1.165) is 0 Å². The lowest BCUT2D eigenvalue weighted by molar-refractivity contribution is -0.122. The van der Waals surface area contributed by atoms with Crippen LogP contribution in [-0.4, -0.2) is 36.3 Å². The molecule has 1 aliphatic rings. The third-order valence-electron chi connectivity index (χ3n) is 2.35. The normalized spacial score (nSPS) is 21.3. The number of rotatable bonds is 3. The molecular weight excluding hydrogens is 214 g/mol. The number of carbonyl (C=O) groups is 2. The number of piperidine rings is 1. The third kappa shape index (κ3) is 2.05. The number of amides is 1. The van der Waals surface area contributed by atoms with E-state index in [1.54, 1.807) is 11.6 Å². The lowest BCUT2D eigenvalue weighted by atomic mass is 10.1. The first kappa shape index (κ1) is 10.3. The Morgan fingerprint density at radius 3 is 3.13 bits per heavy atom. The van der Waals surface area contributed by atoms with Gasteiger partial charge in [-0.15, -0.1) is 11.3 Å². The second kappa shape index (κ2) is 4.50. The van der Waals surface area contributed by atoms with E-state index in [-0.39, 0.29) is 5.78 Å². The second-order valence-electron chi connectivity index (χ2n) is 3.26. The van der Waals surface area contributed by atoms with Gasteiger partial charge in [-0.3, -0.25) is 14.5 Å². The van der Waals surface area contributed by atoms with Gasteiger partial charge in [0.05, 0.1) is 0 Å². The van der Waals surface area contributed by atoms with Gasteiger partial charge < -0.3 is 5.32 Å². The topological polar surface area (TPSA) is 62.3 Å². The van der Waals surface area contributed by atoms with Crippen LogP contribution in [0.1, 0.15) is 6.42 Å². The summed E-state index contributed by atoms with van der Waals surface area (Å²) in [5.41, 5.74) is 0. The molecule has 5 nitrogen and oxygen atoms in total. The highest BCUT2D eigenvalue weighted by Gasteiger charge is 2.29. The Balaban J connectivity index is 2.18. The molecule has 1 unspecified atom stereocenters. The molecule has 1 atom stereocenters. The molecule has 0 aromatic carbocycles. The maximum Gasteiger partial charge on any atom is 0.216 e. The number of ketones is 1. The van der Waals surface area contributed by atoms with E-state index in [1.807, 2.05) is 0 Å². The molecule has 0 spiro atoms. The molecule has 2 rings (SSSR count). The van der Waals surface area contributed by atoms with Crippen molar-refractivity contribution in [1.29, 1.82) is 0 Å². The van der Waals surface area contributed by atoms with Crippen molar-refractivity contribution >= 4 is 28.7 Å². The van der Waals surface area contributed by atoms with Crippen molar-refractivity contribution in [3.63, 3.8) is 0 Å². The highest BCUT2D eigenvalue weighted by molar-refractivity contribution is 7.13. The van der Waals surface area contributed by atoms with Crippen molar-refractivity contribution < 1.29 is 9.59 Å². The van der Waals surface area contributed by atoms with Crippen LogP contribution < -0.4 is 10.2 Å². The van der Waals surface area contributed by atoms with Crippen LogP contribution in [0.25, 0.3) is 0 Å². The Hall–Kier alpha value is -1.27. The van der Waals surface area contributed by atoms with Gasteiger partial charge in [0.15, 0.2) is 10.9 Å². The molecule has 0 saturated carbocycles. The first-order valence-electron chi connectivity index (χ1n) is 4.69. The quantitative estimate of drug-likeness (QED) is 0.738. The van der Waals surface area contributed by atoms with Gasteiger partial charge in [-0.05, 0) is 0 Å². The SMILES string of the molecule is O=CN(c1nccs1)C1CNCCC1=O. The third-order valence-corrected chi connectivity index (χ3v) is 3.13. The molecule has 1 saturated heterocycles. The minimum atomic E-state index is -0.401. The average molecular weight is 225 g/mol. The van der Waals surface area contributed by atoms with Crippen molar-refractivity contribution in [2.24, 2.45) is 0 Å². The van der Waals surface area contributed by atoms with Gasteiger partial charge in [0, 0.05) is 31.1 Å². The summed E-state index contributed by atoms with van der Waals surface area (Å²) >= 11 is 1.35. The second-order valence-corrected chi connectivity index (χ2v) is 4.14. The lowest BCUT2D eigenvalue weighted by Crippen LogP contribution is -2.51. The van der Waals surface area contributed by atoms with E-state index < -0.39 is 6.04 Å². The average Bonchev–Trinajstić information content (AvgIpc) is 2.75. The molecule has 80 valence electrons. The number of nitrogens with one attached hydrogen (secondary N) is 1. The molecule has 1 aromatic heterocycles. The van der Waals surface area contributed by atoms with E-state index in [2.05, 4.69) is 10.3 Å². The molecular formula is C9H11N3O2S. The molecule has 1 aliphatic heterocycles. The Labute approximate surface area is 91.1 Å². The summed E-state index contributed by atoms with van der Waals surface area (Å²) in [5, 5.41) is 5.46. The van der Waals surface area contributed by atoms with Crippen LogP contribution in [0.5, 0.6) is 0 Å².